The van der Waals surface area contributed by atoms with Crippen LogP contribution in [-0.4, -0.2) is 64.9 Å². The van der Waals surface area contributed by atoms with Gasteiger partial charge in [0.05, 0.1) is 6.33 Å². The number of nitrogens with two attached hydrogens (primary N) is 1. The van der Waals surface area contributed by atoms with Gasteiger partial charge in [-0.3, -0.25) is 9.09 Å². The van der Waals surface area contributed by atoms with Crippen LogP contribution < -0.4 is 11.1 Å². The Morgan fingerprint density at radius 2 is 2.26 bits per heavy atom. The van der Waals surface area contributed by atoms with E-state index < -0.39 is 37.5 Å². The summed E-state index contributed by atoms with van der Waals surface area (Å²) < 4.78 is 37.6. The topological polar surface area (TPSA) is 178 Å². The van der Waals surface area contributed by atoms with Crippen molar-refractivity contribution in [3.8, 4) is 12.3 Å². The van der Waals surface area contributed by atoms with E-state index in [2.05, 4.69) is 24.8 Å². The smallest absolute Gasteiger partial charge is 0.380 e. The van der Waals surface area contributed by atoms with Crippen LogP contribution in [0, 0.1) is 12.3 Å². The minimum absolute atomic E-state index is 0.0893. The molecule has 144 valence electrons. The first-order valence-electron chi connectivity index (χ1n) is 7.53. The number of rotatable bonds is 4. The predicted octanol–water partition coefficient (Wildman–Crippen LogP) is -1.09. The van der Waals surface area contributed by atoms with E-state index in [0.29, 0.717) is 0 Å². The summed E-state index contributed by atoms with van der Waals surface area (Å²) in [7, 11) is -3.42. The molecule has 0 aromatic carbocycles. The number of phosphoric ester groups is 1. The van der Waals surface area contributed by atoms with Crippen LogP contribution >= 0.6 is 7.82 Å². The Hall–Kier alpha value is -2.33. The van der Waals surface area contributed by atoms with Gasteiger partial charge >= 0.3 is 7.82 Å². The van der Waals surface area contributed by atoms with Crippen molar-refractivity contribution in [1.29, 1.82) is 0 Å². The molecule has 0 spiro atoms. The summed E-state index contributed by atoms with van der Waals surface area (Å²) in [5.74, 6) is 1.98. The lowest BCUT2D eigenvalue weighted by Gasteiger charge is -2.29. The summed E-state index contributed by atoms with van der Waals surface area (Å²) in [4.78, 5) is 29.9. The van der Waals surface area contributed by atoms with Gasteiger partial charge in [0.25, 0.3) is 0 Å². The van der Waals surface area contributed by atoms with Crippen molar-refractivity contribution in [3.63, 3.8) is 0 Å². The molecule has 0 bridgehead atoms. The molecule has 14 heteroatoms. The van der Waals surface area contributed by atoms with E-state index in [1.807, 2.05) is 5.92 Å². The molecule has 2 aliphatic rings. The number of imidazole rings is 1. The Labute approximate surface area is 150 Å². The number of hydrogen-bond acceptors (Lipinski definition) is 9. The monoisotopic (exact) mass is 400 g/mol. The Bertz CT molecular complexity index is 1040. The second kappa shape index (κ2) is 5.35. The predicted molar refractivity (Wildman–Crippen MR) is 87.7 cm³/mol. The maximum atomic E-state index is 15.6. The third-order valence-corrected chi connectivity index (χ3v) is 5.12. The molecule has 3 heterocycles. The number of aliphatic hydroxyl groups is 1. The number of anilines is 2. The van der Waals surface area contributed by atoms with Crippen molar-refractivity contribution in [2.45, 2.75) is 29.7 Å². The molecule has 1 saturated heterocycles. The minimum atomic E-state index is -5.00. The SMILES string of the molecule is C#C[C@]1(F)[C@H](n2cnc3c(NC)nc(N)nc32)O[C@@H]2C(OP(=O)(O)O)[C@@]21O. The number of ether oxygens (including phenoxy) is 1. The summed E-state index contributed by atoms with van der Waals surface area (Å²) in [5, 5.41) is 13.4. The Morgan fingerprint density at radius 3 is 2.85 bits per heavy atom. The van der Waals surface area contributed by atoms with Crippen LogP contribution in [0.4, 0.5) is 16.2 Å². The molecule has 1 saturated carbocycles. The Morgan fingerprint density at radius 1 is 1.56 bits per heavy atom. The highest BCUT2D eigenvalue weighted by atomic mass is 31.2. The van der Waals surface area contributed by atoms with Gasteiger partial charge in [0.1, 0.15) is 12.2 Å². The average molecular weight is 400 g/mol. The quantitative estimate of drug-likeness (QED) is 0.311. The third-order valence-electron chi connectivity index (χ3n) is 4.62. The molecule has 2 fully saturated rings. The number of fused-ring (bicyclic) bond motifs is 2. The molecule has 2 aromatic rings. The van der Waals surface area contributed by atoms with E-state index in [1.54, 1.807) is 7.05 Å². The molecule has 5 atom stereocenters. The lowest BCUT2D eigenvalue weighted by Crippen LogP contribution is -2.46. The molecular formula is C13H14FN6O6P. The van der Waals surface area contributed by atoms with Crippen molar-refractivity contribution >= 4 is 30.8 Å². The summed E-state index contributed by atoms with van der Waals surface area (Å²) in [6.45, 7) is 0. The Kier molecular flexibility index (Phi) is 3.58. The third kappa shape index (κ3) is 2.29. The molecule has 0 radical (unpaired) electrons. The van der Waals surface area contributed by atoms with Gasteiger partial charge in [0.15, 0.2) is 28.8 Å². The molecule has 6 N–H and O–H groups in total. The van der Waals surface area contributed by atoms with Crippen LogP contribution in [-0.2, 0) is 13.8 Å². The first-order chi connectivity index (χ1) is 12.6. The maximum absolute atomic E-state index is 15.6. The first kappa shape index (κ1) is 18.1. The minimum Gasteiger partial charge on any atom is -0.380 e. The van der Waals surface area contributed by atoms with Crippen LogP contribution in [0.2, 0.25) is 0 Å². The van der Waals surface area contributed by atoms with Gasteiger partial charge in [-0.1, -0.05) is 5.92 Å². The second-order valence-corrected chi connectivity index (χ2v) is 7.30. The zero-order chi connectivity index (χ0) is 19.8. The Balaban J connectivity index is 1.78. The highest BCUT2D eigenvalue weighted by molar-refractivity contribution is 7.46. The zero-order valence-electron chi connectivity index (χ0n) is 13.6. The molecule has 2 aromatic heterocycles. The van der Waals surface area contributed by atoms with Gasteiger partial charge in [-0.2, -0.15) is 9.97 Å². The van der Waals surface area contributed by atoms with Crippen LogP contribution in [0.1, 0.15) is 6.23 Å². The summed E-state index contributed by atoms with van der Waals surface area (Å²) in [6.07, 6.45) is 1.88. The summed E-state index contributed by atoms with van der Waals surface area (Å²) in [5.41, 5.74) is 0.657. The molecule has 1 unspecified atom stereocenters. The normalized spacial score (nSPS) is 35.0. The van der Waals surface area contributed by atoms with E-state index >= 15 is 4.39 Å². The fourth-order valence-electron chi connectivity index (χ4n) is 3.34. The van der Waals surface area contributed by atoms with Crippen LogP contribution in [0.25, 0.3) is 11.2 Å². The highest BCUT2D eigenvalue weighted by Gasteiger charge is 2.86. The van der Waals surface area contributed by atoms with E-state index in [4.69, 9.17) is 26.7 Å². The summed E-state index contributed by atoms with van der Waals surface area (Å²) >= 11 is 0. The van der Waals surface area contributed by atoms with Gasteiger partial charge < -0.3 is 30.7 Å². The molecule has 12 nitrogen and oxygen atoms in total. The number of nitrogen functional groups attached to an aromatic ring is 1. The van der Waals surface area contributed by atoms with Crippen molar-refractivity contribution < 1.29 is 33.1 Å². The molecule has 1 aliphatic carbocycles. The number of nitrogens with zero attached hydrogens (tertiary/aromatic N) is 4. The molecule has 0 amide bonds. The highest BCUT2D eigenvalue weighted by Crippen LogP contribution is 2.65. The average Bonchev–Trinajstić information content (AvgIpc) is 2.90. The lowest BCUT2D eigenvalue weighted by molar-refractivity contribution is -0.0924. The van der Waals surface area contributed by atoms with E-state index in [0.717, 1.165) is 4.57 Å². The summed E-state index contributed by atoms with van der Waals surface area (Å²) in [6, 6.07) is 0. The van der Waals surface area contributed by atoms with E-state index in [1.165, 1.54) is 6.33 Å². The number of aromatic nitrogens is 4. The van der Waals surface area contributed by atoms with Crippen molar-refractivity contribution in [2.75, 3.05) is 18.1 Å². The first-order valence-corrected chi connectivity index (χ1v) is 9.06. The number of phosphoric acid groups is 1. The van der Waals surface area contributed by atoms with Crippen LogP contribution in [0.5, 0.6) is 0 Å². The number of halogens is 1. The standard InChI is InChI=1S/C13H14FN6O6P/c1-3-12(14)10(25-6-7(13(6,12)21)26-27(22,23)24)20-4-17-5-8(16-2)18-11(15)19-9(5)20/h1,4,6-7,10,21H,2H3,(H2,22,23,24)(H3,15,16,18,19)/t6-,7?,10-,12+,13+/m1/s1. The van der Waals surface area contributed by atoms with Crippen LogP contribution in [0.3, 0.4) is 0 Å². The van der Waals surface area contributed by atoms with E-state index in [-0.39, 0.29) is 22.9 Å². The number of nitrogens with one attached hydrogen (secondary N) is 1. The van der Waals surface area contributed by atoms with Crippen molar-refractivity contribution in [2.24, 2.45) is 0 Å². The van der Waals surface area contributed by atoms with Crippen molar-refractivity contribution in [1.82, 2.24) is 19.5 Å². The van der Waals surface area contributed by atoms with Crippen molar-refractivity contribution in [3.05, 3.63) is 6.33 Å². The number of terminal acetylenes is 1. The van der Waals surface area contributed by atoms with Gasteiger partial charge in [-0.15, -0.1) is 6.42 Å². The van der Waals surface area contributed by atoms with Gasteiger partial charge in [0.2, 0.25) is 11.6 Å². The molecule has 1 aliphatic heterocycles. The maximum Gasteiger partial charge on any atom is 0.470 e. The fraction of sp³-hybridized carbons (Fsp3) is 0.462. The zero-order valence-corrected chi connectivity index (χ0v) is 14.5. The number of hydrogen-bond donors (Lipinski definition) is 5. The fourth-order valence-corrected chi connectivity index (χ4v) is 3.91. The van der Waals surface area contributed by atoms with Gasteiger partial charge in [-0.25, -0.2) is 13.9 Å². The lowest BCUT2D eigenvalue weighted by atomic mass is 9.96. The van der Waals surface area contributed by atoms with Gasteiger partial charge in [0, 0.05) is 7.05 Å². The second-order valence-electron chi connectivity index (χ2n) is 6.11. The largest absolute Gasteiger partial charge is 0.470 e. The van der Waals surface area contributed by atoms with Crippen LogP contribution in [0.15, 0.2) is 6.33 Å². The number of alkyl halides is 1. The van der Waals surface area contributed by atoms with E-state index in [9.17, 15) is 9.67 Å². The van der Waals surface area contributed by atoms with Gasteiger partial charge in [-0.05, 0) is 0 Å². The molecule has 27 heavy (non-hydrogen) atoms. The molecule has 4 rings (SSSR count). The molecular weight excluding hydrogens is 386 g/mol.